The van der Waals surface area contributed by atoms with Gasteiger partial charge in [0.05, 0.1) is 6.54 Å². The Labute approximate surface area is 103 Å². The maximum atomic E-state index is 12.2. The normalized spacial score (nSPS) is 12.6. The van der Waals surface area contributed by atoms with Gasteiger partial charge in [0.25, 0.3) is 10.0 Å². The van der Waals surface area contributed by atoms with E-state index in [0.717, 1.165) is 0 Å². The van der Waals surface area contributed by atoms with Crippen LogP contribution in [0.3, 0.4) is 0 Å². The van der Waals surface area contributed by atoms with Crippen molar-refractivity contribution in [2.24, 2.45) is 11.7 Å². The third-order valence-electron chi connectivity index (χ3n) is 2.35. The number of hydrogen-bond donors (Lipinski definition) is 1. The summed E-state index contributed by atoms with van der Waals surface area (Å²) in [5.74, 6) is 0.748. The maximum absolute atomic E-state index is 12.2. The molecule has 1 rings (SSSR count). The first-order valence-corrected chi connectivity index (χ1v) is 7.14. The van der Waals surface area contributed by atoms with Crippen molar-refractivity contribution >= 4 is 10.0 Å². The van der Waals surface area contributed by atoms with Crippen LogP contribution in [-0.2, 0) is 16.6 Å². The molecule has 0 saturated heterocycles. The van der Waals surface area contributed by atoms with E-state index in [4.69, 9.17) is 10.2 Å². The topological polar surface area (TPSA) is 76.5 Å². The Kier molecular flexibility index (Phi) is 4.73. The molecule has 0 atom stereocenters. The minimum atomic E-state index is -3.52. The summed E-state index contributed by atoms with van der Waals surface area (Å²) in [6.45, 7) is 6.88. The molecular formula is C11H20N2O3S. The van der Waals surface area contributed by atoms with Crippen LogP contribution in [0.1, 0.15) is 26.5 Å². The van der Waals surface area contributed by atoms with Gasteiger partial charge < -0.3 is 10.2 Å². The van der Waals surface area contributed by atoms with Crippen molar-refractivity contribution in [3.05, 3.63) is 17.9 Å². The van der Waals surface area contributed by atoms with Crippen LogP contribution in [0.15, 0.2) is 21.6 Å². The Hall–Kier alpha value is -0.850. The molecule has 98 valence electrons. The van der Waals surface area contributed by atoms with Gasteiger partial charge in [0, 0.05) is 13.1 Å². The van der Waals surface area contributed by atoms with Crippen molar-refractivity contribution in [3.63, 3.8) is 0 Å². The molecule has 17 heavy (non-hydrogen) atoms. The van der Waals surface area contributed by atoms with Gasteiger partial charge in [-0.2, -0.15) is 4.31 Å². The van der Waals surface area contributed by atoms with Crippen molar-refractivity contribution in [1.82, 2.24) is 4.31 Å². The highest BCUT2D eigenvalue weighted by Crippen LogP contribution is 2.19. The van der Waals surface area contributed by atoms with Crippen LogP contribution in [0.4, 0.5) is 0 Å². The molecule has 1 heterocycles. The first-order valence-electron chi connectivity index (χ1n) is 5.70. The zero-order chi connectivity index (χ0) is 13.1. The molecule has 0 saturated carbocycles. The van der Waals surface area contributed by atoms with E-state index < -0.39 is 10.0 Å². The average Bonchev–Trinajstić information content (AvgIpc) is 2.74. The summed E-state index contributed by atoms with van der Waals surface area (Å²) in [5, 5.41) is -0.0274. The third-order valence-corrected chi connectivity index (χ3v) is 4.17. The van der Waals surface area contributed by atoms with E-state index in [0.29, 0.717) is 18.8 Å². The molecular weight excluding hydrogens is 240 g/mol. The van der Waals surface area contributed by atoms with Crippen molar-refractivity contribution < 1.29 is 12.8 Å². The summed E-state index contributed by atoms with van der Waals surface area (Å²) < 4.78 is 31.1. The second-order valence-corrected chi connectivity index (χ2v) is 6.14. The molecule has 0 aliphatic rings. The fraction of sp³-hybridized carbons (Fsp3) is 0.636. The van der Waals surface area contributed by atoms with Crippen LogP contribution >= 0.6 is 0 Å². The number of nitrogens with two attached hydrogens (primary N) is 1. The highest BCUT2D eigenvalue weighted by Gasteiger charge is 2.26. The lowest BCUT2D eigenvalue weighted by molar-refractivity contribution is 0.352. The van der Waals surface area contributed by atoms with Crippen molar-refractivity contribution in [2.75, 3.05) is 13.1 Å². The zero-order valence-corrected chi connectivity index (χ0v) is 11.3. The zero-order valence-electron chi connectivity index (χ0n) is 10.5. The summed E-state index contributed by atoms with van der Waals surface area (Å²) in [6.07, 6.45) is 0. The smallest absolute Gasteiger partial charge is 0.276 e. The molecule has 0 unspecified atom stereocenters. The first kappa shape index (κ1) is 14.2. The number of nitrogens with zero attached hydrogens (tertiary/aromatic N) is 1. The van der Waals surface area contributed by atoms with E-state index >= 15 is 0 Å². The van der Waals surface area contributed by atoms with Crippen LogP contribution in [0.5, 0.6) is 0 Å². The van der Waals surface area contributed by atoms with Crippen LogP contribution in [-0.4, -0.2) is 25.8 Å². The molecule has 0 aromatic carbocycles. The van der Waals surface area contributed by atoms with Gasteiger partial charge in [-0.15, -0.1) is 0 Å². The van der Waals surface area contributed by atoms with Crippen molar-refractivity contribution in [2.45, 2.75) is 32.4 Å². The number of furan rings is 1. The Morgan fingerprint density at radius 3 is 2.47 bits per heavy atom. The monoisotopic (exact) mass is 260 g/mol. The van der Waals surface area contributed by atoms with E-state index in [1.165, 1.54) is 10.4 Å². The quantitative estimate of drug-likeness (QED) is 0.839. The SMILES string of the molecule is CCN(CC(C)C)S(=O)(=O)c1ccc(CN)o1. The van der Waals surface area contributed by atoms with Gasteiger partial charge in [0.15, 0.2) is 0 Å². The summed E-state index contributed by atoms with van der Waals surface area (Å²) in [5.41, 5.74) is 5.39. The second kappa shape index (κ2) is 5.66. The van der Waals surface area contributed by atoms with Crippen LogP contribution in [0, 0.1) is 5.92 Å². The third kappa shape index (κ3) is 3.31. The summed E-state index contributed by atoms with van der Waals surface area (Å²) in [4.78, 5) is 0. The molecule has 2 N–H and O–H groups in total. The van der Waals surface area contributed by atoms with E-state index in [1.807, 2.05) is 20.8 Å². The van der Waals surface area contributed by atoms with Gasteiger partial charge in [-0.05, 0) is 18.1 Å². The van der Waals surface area contributed by atoms with Gasteiger partial charge in [0.1, 0.15) is 5.76 Å². The molecule has 0 amide bonds. The van der Waals surface area contributed by atoms with E-state index in [-0.39, 0.29) is 17.6 Å². The number of hydrogen-bond acceptors (Lipinski definition) is 4. The van der Waals surface area contributed by atoms with Gasteiger partial charge in [-0.25, -0.2) is 8.42 Å². The lowest BCUT2D eigenvalue weighted by Crippen LogP contribution is -2.33. The molecule has 0 fully saturated rings. The minimum absolute atomic E-state index is 0.0274. The number of sulfonamides is 1. The lowest BCUT2D eigenvalue weighted by Gasteiger charge is -2.20. The average molecular weight is 260 g/mol. The molecule has 1 aromatic rings. The highest BCUT2D eigenvalue weighted by molar-refractivity contribution is 7.89. The lowest BCUT2D eigenvalue weighted by atomic mass is 10.2. The molecule has 0 spiro atoms. The van der Waals surface area contributed by atoms with Gasteiger partial charge in [0.2, 0.25) is 5.09 Å². The Morgan fingerprint density at radius 2 is 2.06 bits per heavy atom. The van der Waals surface area contributed by atoms with Gasteiger partial charge in [-0.1, -0.05) is 20.8 Å². The standard InChI is InChI=1S/C11H20N2O3S/c1-4-13(8-9(2)3)17(14,15)11-6-5-10(7-12)16-11/h5-6,9H,4,7-8,12H2,1-3H3. The fourth-order valence-electron chi connectivity index (χ4n) is 1.54. The molecule has 0 aliphatic carbocycles. The minimum Gasteiger partial charge on any atom is -0.447 e. The summed E-state index contributed by atoms with van der Waals surface area (Å²) >= 11 is 0. The fourth-order valence-corrected chi connectivity index (χ4v) is 3.08. The van der Waals surface area contributed by atoms with Gasteiger partial charge in [-0.3, -0.25) is 0 Å². The van der Waals surface area contributed by atoms with E-state index in [2.05, 4.69) is 0 Å². The van der Waals surface area contributed by atoms with Crippen LogP contribution < -0.4 is 5.73 Å². The number of rotatable bonds is 6. The Morgan fingerprint density at radius 1 is 1.41 bits per heavy atom. The van der Waals surface area contributed by atoms with Crippen LogP contribution in [0.2, 0.25) is 0 Å². The molecule has 0 bridgehead atoms. The predicted molar refractivity (Wildman–Crippen MR) is 65.9 cm³/mol. The molecule has 5 nitrogen and oxygen atoms in total. The Bertz CT molecular complexity index is 451. The maximum Gasteiger partial charge on any atom is 0.276 e. The molecule has 0 radical (unpaired) electrons. The van der Waals surface area contributed by atoms with Crippen molar-refractivity contribution in [3.8, 4) is 0 Å². The van der Waals surface area contributed by atoms with E-state index in [1.54, 1.807) is 6.07 Å². The largest absolute Gasteiger partial charge is 0.447 e. The van der Waals surface area contributed by atoms with E-state index in [9.17, 15) is 8.42 Å². The van der Waals surface area contributed by atoms with Crippen molar-refractivity contribution in [1.29, 1.82) is 0 Å². The first-order chi connectivity index (χ1) is 7.91. The second-order valence-electron chi connectivity index (χ2n) is 4.27. The predicted octanol–water partition coefficient (Wildman–Crippen LogP) is 1.40. The summed E-state index contributed by atoms with van der Waals surface area (Å²) in [7, 11) is -3.52. The highest BCUT2D eigenvalue weighted by atomic mass is 32.2. The Balaban J connectivity index is 2.99. The van der Waals surface area contributed by atoms with Gasteiger partial charge >= 0.3 is 0 Å². The summed E-state index contributed by atoms with van der Waals surface area (Å²) in [6, 6.07) is 3.05. The van der Waals surface area contributed by atoms with Crippen LogP contribution in [0.25, 0.3) is 0 Å². The molecule has 1 aromatic heterocycles. The molecule has 0 aliphatic heterocycles. The molecule has 6 heteroatoms.